The third-order valence-electron chi connectivity index (χ3n) is 3.39. The number of rotatable bonds is 8. The first-order valence-corrected chi connectivity index (χ1v) is 10.2. The molecule has 0 atom stereocenters. The fourth-order valence-electron chi connectivity index (χ4n) is 2.10. The Morgan fingerprint density at radius 1 is 1.08 bits per heavy atom. The lowest BCUT2D eigenvalue weighted by Crippen LogP contribution is -2.38. The minimum absolute atomic E-state index is 0.123. The van der Waals surface area contributed by atoms with Gasteiger partial charge in [0, 0.05) is 18.1 Å². The molecule has 1 fully saturated rings. The fourth-order valence-corrected chi connectivity index (χ4v) is 4.96. The van der Waals surface area contributed by atoms with E-state index in [0.717, 1.165) is 17.9 Å². The van der Waals surface area contributed by atoms with Crippen LogP contribution in [0.4, 0.5) is 0 Å². The first kappa shape index (κ1) is 19.7. The highest BCUT2D eigenvalue weighted by atomic mass is 32.2. The number of carbonyl (C=O) groups is 3. The van der Waals surface area contributed by atoms with Crippen LogP contribution >= 0.6 is 23.5 Å². The molecule has 1 heterocycles. The molecule has 0 saturated carbocycles. The van der Waals surface area contributed by atoms with E-state index in [1.807, 2.05) is 42.6 Å². The van der Waals surface area contributed by atoms with Crippen LogP contribution in [0, 0.1) is 0 Å². The van der Waals surface area contributed by atoms with Crippen LogP contribution in [0.3, 0.4) is 0 Å². The molecule has 6 nitrogen and oxygen atoms in total. The molecule has 2 rings (SSSR count). The molecular formula is C17H22N2O4S2. The third-order valence-corrected chi connectivity index (χ3v) is 6.50. The van der Waals surface area contributed by atoms with Gasteiger partial charge in [0.2, 0.25) is 5.91 Å². The average Bonchev–Trinajstić information content (AvgIpc) is 3.17. The van der Waals surface area contributed by atoms with E-state index in [2.05, 4.69) is 10.6 Å². The first-order chi connectivity index (χ1) is 12.1. The Kier molecular flexibility index (Phi) is 8.14. The first-order valence-electron chi connectivity index (χ1n) is 8.14. The Morgan fingerprint density at radius 2 is 1.76 bits per heavy atom. The van der Waals surface area contributed by atoms with Crippen molar-refractivity contribution in [3.63, 3.8) is 0 Å². The van der Waals surface area contributed by atoms with Crippen LogP contribution in [0.15, 0.2) is 24.3 Å². The van der Waals surface area contributed by atoms with Crippen LogP contribution in [0.25, 0.3) is 0 Å². The number of thioether (sulfide) groups is 2. The van der Waals surface area contributed by atoms with Crippen LogP contribution in [0.1, 0.15) is 33.8 Å². The summed E-state index contributed by atoms with van der Waals surface area (Å²) in [7, 11) is 0. The van der Waals surface area contributed by atoms with Crippen molar-refractivity contribution in [2.24, 2.45) is 0 Å². The van der Waals surface area contributed by atoms with Gasteiger partial charge >= 0.3 is 5.97 Å². The van der Waals surface area contributed by atoms with E-state index in [9.17, 15) is 14.4 Å². The predicted octanol–water partition coefficient (Wildman–Crippen LogP) is 1.96. The van der Waals surface area contributed by atoms with Gasteiger partial charge in [-0.2, -0.15) is 0 Å². The molecule has 0 aliphatic carbocycles. The highest BCUT2D eigenvalue weighted by molar-refractivity contribution is 8.19. The van der Waals surface area contributed by atoms with Crippen LogP contribution < -0.4 is 10.6 Å². The molecule has 1 aliphatic heterocycles. The summed E-state index contributed by atoms with van der Waals surface area (Å²) < 4.78 is 5.40. The lowest BCUT2D eigenvalue weighted by molar-refractivity contribution is -0.127. The van der Waals surface area contributed by atoms with E-state index in [1.165, 1.54) is 5.56 Å². The van der Waals surface area contributed by atoms with Crippen molar-refractivity contribution < 1.29 is 19.1 Å². The standard InChI is InChI=1S/C17H22N2O4S2/c1-2-7-18-14(20)10-19-15(21)11-23-16(22)12-3-5-13(6-4-12)17-24-8-9-25-17/h3-6,17H,2,7-11H2,1H3,(H,18,20)(H,19,21). The zero-order chi connectivity index (χ0) is 18.1. The number of hydrogen-bond donors (Lipinski definition) is 2. The summed E-state index contributed by atoms with van der Waals surface area (Å²) in [4.78, 5) is 35.0. The monoisotopic (exact) mass is 382 g/mol. The van der Waals surface area contributed by atoms with E-state index in [-0.39, 0.29) is 12.5 Å². The fraction of sp³-hybridized carbons (Fsp3) is 0.471. The van der Waals surface area contributed by atoms with E-state index in [4.69, 9.17) is 4.74 Å². The molecule has 1 aromatic carbocycles. The van der Waals surface area contributed by atoms with Gasteiger partial charge in [0.15, 0.2) is 6.61 Å². The quantitative estimate of drug-likeness (QED) is 0.669. The summed E-state index contributed by atoms with van der Waals surface area (Å²) in [5.74, 6) is 0.967. The normalized spacial score (nSPS) is 14.1. The molecule has 0 spiro atoms. The Labute approximate surface area is 155 Å². The number of hydrogen-bond acceptors (Lipinski definition) is 6. The van der Waals surface area contributed by atoms with Gasteiger partial charge in [-0.15, -0.1) is 23.5 Å². The Morgan fingerprint density at radius 3 is 2.40 bits per heavy atom. The van der Waals surface area contributed by atoms with Crippen molar-refractivity contribution in [1.29, 1.82) is 0 Å². The summed E-state index contributed by atoms with van der Waals surface area (Å²) in [5, 5.41) is 5.05. The van der Waals surface area contributed by atoms with Gasteiger partial charge in [-0.3, -0.25) is 9.59 Å². The molecule has 25 heavy (non-hydrogen) atoms. The maximum absolute atomic E-state index is 12.0. The molecule has 1 saturated heterocycles. The van der Waals surface area contributed by atoms with Crippen LogP contribution in [0.5, 0.6) is 0 Å². The van der Waals surface area contributed by atoms with Crippen molar-refractivity contribution in [1.82, 2.24) is 10.6 Å². The van der Waals surface area contributed by atoms with Gasteiger partial charge < -0.3 is 15.4 Å². The summed E-state index contributed by atoms with van der Waals surface area (Å²) in [6.07, 6.45) is 0.828. The van der Waals surface area contributed by atoms with E-state index >= 15 is 0 Å². The van der Waals surface area contributed by atoms with Crippen LogP contribution in [0.2, 0.25) is 0 Å². The summed E-state index contributed by atoms with van der Waals surface area (Å²) >= 11 is 3.80. The van der Waals surface area contributed by atoms with Crippen LogP contribution in [-0.4, -0.2) is 49.0 Å². The molecule has 2 amide bonds. The predicted molar refractivity (Wildman–Crippen MR) is 101 cm³/mol. The topological polar surface area (TPSA) is 84.5 Å². The van der Waals surface area contributed by atoms with Gasteiger partial charge in [0.05, 0.1) is 16.7 Å². The molecule has 1 aromatic rings. The smallest absolute Gasteiger partial charge is 0.338 e. The SMILES string of the molecule is CCCNC(=O)CNC(=O)COC(=O)c1ccc(C2SCCS2)cc1. The molecule has 2 N–H and O–H groups in total. The molecule has 0 aromatic heterocycles. The second kappa shape index (κ2) is 10.4. The lowest BCUT2D eigenvalue weighted by atomic mass is 10.1. The maximum atomic E-state index is 12.0. The molecule has 1 aliphatic rings. The second-order valence-corrected chi connectivity index (χ2v) is 8.12. The number of esters is 1. The highest BCUT2D eigenvalue weighted by Crippen LogP contribution is 2.45. The number of carbonyl (C=O) groups excluding carboxylic acids is 3. The number of ether oxygens (including phenoxy) is 1. The Hall–Kier alpha value is -1.67. The molecule has 136 valence electrons. The van der Waals surface area contributed by atoms with Crippen LogP contribution in [-0.2, 0) is 14.3 Å². The third kappa shape index (κ3) is 6.62. The zero-order valence-corrected chi connectivity index (χ0v) is 15.7. The summed E-state index contributed by atoms with van der Waals surface area (Å²) in [6, 6.07) is 7.27. The number of nitrogens with one attached hydrogen (secondary N) is 2. The van der Waals surface area contributed by atoms with Gasteiger partial charge in [-0.1, -0.05) is 19.1 Å². The minimum Gasteiger partial charge on any atom is -0.452 e. The lowest BCUT2D eigenvalue weighted by Gasteiger charge is -2.09. The number of benzene rings is 1. The Balaban J connectivity index is 1.72. The van der Waals surface area contributed by atoms with E-state index < -0.39 is 18.5 Å². The summed E-state index contributed by atoms with van der Waals surface area (Å²) in [5.41, 5.74) is 1.59. The van der Waals surface area contributed by atoms with Crippen molar-refractivity contribution >= 4 is 41.3 Å². The van der Waals surface area contributed by atoms with E-state index in [1.54, 1.807) is 12.1 Å². The van der Waals surface area contributed by atoms with Gasteiger partial charge in [-0.05, 0) is 24.1 Å². The van der Waals surface area contributed by atoms with E-state index in [0.29, 0.717) is 16.7 Å². The molecule has 0 radical (unpaired) electrons. The van der Waals surface area contributed by atoms with Crippen molar-refractivity contribution in [3.05, 3.63) is 35.4 Å². The zero-order valence-electron chi connectivity index (χ0n) is 14.1. The van der Waals surface area contributed by atoms with Crippen molar-refractivity contribution in [2.45, 2.75) is 17.9 Å². The van der Waals surface area contributed by atoms with Crippen molar-refractivity contribution in [3.8, 4) is 0 Å². The number of amides is 2. The Bertz CT molecular complexity index is 601. The van der Waals surface area contributed by atoms with Gasteiger partial charge in [-0.25, -0.2) is 4.79 Å². The molecule has 0 bridgehead atoms. The molecular weight excluding hydrogens is 360 g/mol. The van der Waals surface area contributed by atoms with Gasteiger partial charge in [0.25, 0.3) is 5.91 Å². The largest absolute Gasteiger partial charge is 0.452 e. The van der Waals surface area contributed by atoms with Crippen molar-refractivity contribution in [2.75, 3.05) is 31.2 Å². The summed E-state index contributed by atoms with van der Waals surface area (Å²) in [6.45, 7) is 1.98. The van der Waals surface area contributed by atoms with Gasteiger partial charge in [0.1, 0.15) is 0 Å². The maximum Gasteiger partial charge on any atom is 0.338 e. The average molecular weight is 383 g/mol. The molecule has 0 unspecified atom stereocenters. The highest BCUT2D eigenvalue weighted by Gasteiger charge is 2.19. The molecule has 8 heteroatoms. The minimum atomic E-state index is -0.552. The second-order valence-electron chi connectivity index (χ2n) is 5.40.